The van der Waals surface area contributed by atoms with Crippen LogP contribution in [0.1, 0.15) is 12.5 Å². The number of rotatable bonds is 8. The number of carboxylic acids is 1. The summed E-state index contributed by atoms with van der Waals surface area (Å²) >= 11 is 0. The van der Waals surface area contributed by atoms with Crippen LogP contribution in [0, 0.1) is 5.82 Å². The van der Waals surface area contributed by atoms with Gasteiger partial charge in [-0.3, -0.25) is 9.59 Å². The topological polar surface area (TPSA) is 230 Å². The van der Waals surface area contributed by atoms with Gasteiger partial charge in [-0.1, -0.05) is 12.1 Å². The molecule has 1 aromatic carbocycles. The maximum absolute atomic E-state index is 13.3. The number of aliphatic hydroxyl groups is 3. The molecule has 0 radical (unpaired) electrons. The van der Waals surface area contributed by atoms with Crippen LogP contribution >= 0.6 is 0 Å². The number of carbonyl (C=O) groups excluding carboxylic acids is 2. The van der Waals surface area contributed by atoms with E-state index in [2.05, 4.69) is 15.6 Å². The van der Waals surface area contributed by atoms with Crippen LogP contribution in [-0.2, 0) is 25.7 Å². The summed E-state index contributed by atoms with van der Waals surface area (Å²) in [6, 6.07) is 3.52. The van der Waals surface area contributed by atoms with Crippen molar-refractivity contribution in [2.75, 3.05) is 6.61 Å². The van der Waals surface area contributed by atoms with Crippen LogP contribution in [0.5, 0.6) is 0 Å². The number of ether oxygens (including phenoxy) is 1. The number of carboxylic acid groups (broad SMARTS) is 1. The van der Waals surface area contributed by atoms with Gasteiger partial charge in [0.25, 0.3) is 5.91 Å². The van der Waals surface area contributed by atoms with Crippen molar-refractivity contribution < 1.29 is 57.1 Å². The van der Waals surface area contributed by atoms with Gasteiger partial charge in [0.1, 0.15) is 24.1 Å². The van der Waals surface area contributed by atoms with E-state index in [0.29, 0.717) is 5.56 Å². The van der Waals surface area contributed by atoms with E-state index in [0.717, 1.165) is 0 Å². The lowest BCUT2D eigenvalue weighted by Crippen LogP contribution is -2.60. The smallest absolute Gasteiger partial charge is 0.480 e. The van der Waals surface area contributed by atoms with Crippen LogP contribution < -0.4 is 22.1 Å². The molecule has 5 atom stereocenters. The third kappa shape index (κ3) is 10.2. The molecule has 0 aromatic heterocycles. The first-order valence-corrected chi connectivity index (χ1v) is 10.6. The van der Waals surface area contributed by atoms with Crippen LogP contribution in [0.3, 0.4) is 0 Å². The monoisotopic (exact) mass is 553 g/mol. The number of amides is 2. The van der Waals surface area contributed by atoms with E-state index in [4.69, 9.17) is 26.1 Å². The first-order valence-electron chi connectivity index (χ1n) is 10.6. The summed E-state index contributed by atoms with van der Waals surface area (Å²) in [5.41, 5.74) is 11.4. The number of hydrogen-bond acceptors (Lipinski definition) is 8. The van der Waals surface area contributed by atoms with E-state index in [1.54, 1.807) is 6.07 Å². The minimum absolute atomic E-state index is 0.0220. The Bertz CT molecular complexity index is 1050. The van der Waals surface area contributed by atoms with Crippen LogP contribution in [0.4, 0.5) is 17.6 Å². The molecule has 0 spiro atoms. The lowest BCUT2D eigenvalue weighted by Gasteiger charge is -2.39. The molecular weight excluding hydrogens is 526 g/mol. The van der Waals surface area contributed by atoms with E-state index in [1.165, 1.54) is 31.2 Å². The minimum Gasteiger partial charge on any atom is -0.480 e. The van der Waals surface area contributed by atoms with Crippen molar-refractivity contribution in [3.05, 3.63) is 47.5 Å². The maximum Gasteiger partial charge on any atom is 0.490 e. The third-order valence-corrected chi connectivity index (χ3v) is 4.70. The van der Waals surface area contributed by atoms with Gasteiger partial charge in [0.2, 0.25) is 5.91 Å². The van der Waals surface area contributed by atoms with Gasteiger partial charge in [0.05, 0.1) is 18.7 Å². The molecule has 0 unspecified atom stereocenters. The minimum atomic E-state index is -5.08. The van der Waals surface area contributed by atoms with E-state index >= 15 is 0 Å². The van der Waals surface area contributed by atoms with Gasteiger partial charge in [-0.15, -0.1) is 0 Å². The first kappa shape index (κ1) is 32.1. The molecular formula is C21H27F4N5O8. The van der Waals surface area contributed by atoms with Gasteiger partial charge < -0.3 is 47.3 Å². The van der Waals surface area contributed by atoms with Gasteiger partial charge in [-0.25, -0.2) is 14.2 Å². The number of nitrogens with one attached hydrogen (secondary N) is 2. The average molecular weight is 553 g/mol. The molecule has 1 aliphatic rings. The molecule has 13 nitrogen and oxygen atoms in total. The summed E-state index contributed by atoms with van der Waals surface area (Å²) in [5, 5.41) is 41.6. The van der Waals surface area contributed by atoms with Crippen LogP contribution in [0.25, 0.3) is 0 Å². The van der Waals surface area contributed by atoms with Crippen molar-refractivity contribution in [1.82, 2.24) is 10.6 Å². The SMILES string of the molecule is CC(=O)N[C@H]1[C@H]([C@H](O)[C@H](O)CO)OC(C(=O)NCc2cccc(F)c2)=C[C@@H]1N=C(N)N.O=C(O)C(F)(F)F. The van der Waals surface area contributed by atoms with Gasteiger partial charge >= 0.3 is 12.1 Å². The molecule has 0 saturated heterocycles. The number of alkyl halides is 3. The van der Waals surface area contributed by atoms with Gasteiger partial charge in [-0.05, 0) is 23.8 Å². The summed E-state index contributed by atoms with van der Waals surface area (Å²) in [7, 11) is 0. The van der Waals surface area contributed by atoms with Crippen LogP contribution in [0.15, 0.2) is 41.1 Å². The molecule has 1 aliphatic heterocycles. The molecule has 0 aliphatic carbocycles. The number of aliphatic hydroxyl groups excluding tert-OH is 3. The predicted molar refractivity (Wildman–Crippen MR) is 121 cm³/mol. The zero-order valence-corrected chi connectivity index (χ0v) is 19.7. The van der Waals surface area contributed by atoms with E-state index < -0.39 is 66.8 Å². The number of benzene rings is 1. The van der Waals surface area contributed by atoms with Gasteiger partial charge in [-0.2, -0.15) is 13.2 Å². The Labute approximate surface area is 212 Å². The molecule has 38 heavy (non-hydrogen) atoms. The Hall–Kier alpha value is -3.96. The van der Waals surface area contributed by atoms with Crippen LogP contribution in [-0.4, -0.2) is 87.3 Å². The molecule has 10 N–H and O–H groups in total. The fraction of sp³-hybridized carbons (Fsp3) is 0.429. The molecule has 1 aromatic rings. The van der Waals surface area contributed by atoms with Gasteiger partial charge in [0, 0.05) is 13.5 Å². The Morgan fingerprint density at radius 1 is 1.21 bits per heavy atom. The highest BCUT2D eigenvalue weighted by atomic mass is 19.4. The number of halogens is 4. The lowest BCUT2D eigenvalue weighted by atomic mass is 9.92. The highest BCUT2D eigenvalue weighted by Crippen LogP contribution is 2.25. The Balaban J connectivity index is 0.000000905. The summed E-state index contributed by atoms with van der Waals surface area (Å²) in [5.74, 6) is -5.10. The third-order valence-electron chi connectivity index (χ3n) is 4.70. The van der Waals surface area contributed by atoms with Crippen molar-refractivity contribution in [3.8, 4) is 0 Å². The lowest BCUT2D eigenvalue weighted by molar-refractivity contribution is -0.192. The predicted octanol–water partition coefficient (Wildman–Crippen LogP) is -1.78. The molecule has 1 heterocycles. The molecule has 0 fully saturated rings. The fourth-order valence-corrected chi connectivity index (χ4v) is 3.06. The Morgan fingerprint density at radius 2 is 1.82 bits per heavy atom. The second-order valence-electron chi connectivity index (χ2n) is 7.74. The Kier molecular flexibility index (Phi) is 11.9. The van der Waals surface area contributed by atoms with Crippen molar-refractivity contribution in [2.24, 2.45) is 16.5 Å². The van der Waals surface area contributed by atoms with Gasteiger partial charge in [0.15, 0.2) is 11.7 Å². The van der Waals surface area contributed by atoms with Crippen molar-refractivity contribution >= 4 is 23.7 Å². The summed E-state index contributed by atoms with van der Waals surface area (Å²) in [6.45, 7) is 0.390. The molecule has 212 valence electrons. The Morgan fingerprint density at radius 3 is 2.29 bits per heavy atom. The number of nitrogens with zero attached hydrogens (tertiary/aromatic N) is 1. The highest BCUT2D eigenvalue weighted by molar-refractivity contribution is 5.92. The molecule has 0 bridgehead atoms. The van der Waals surface area contributed by atoms with Crippen molar-refractivity contribution in [2.45, 2.75) is 50.0 Å². The second-order valence-corrected chi connectivity index (χ2v) is 7.74. The van der Waals surface area contributed by atoms with E-state index in [1.807, 2.05) is 0 Å². The van der Waals surface area contributed by atoms with Crippen molar-refractivity contribution in [1.29, 1.82) is 0 Å². The normalized spacial score (nSPS) is 20.3. The molecule has 2 amide bonds. The number of carbonyl (C=O) groups is 3. The zero-order valence-electron chi connectivity index (χ0n) is 19.7. The summed E-state index contributed by atoms with van der Waals surface area (Å²) in [4.78, 5) is 37.1. The quantitative estimate of drug-likeness (QED) is 0.102. The maximum atomic E-state index is 13.3. The molecule has 2 rings (SSSR count). The second kappa shape index (κ2) is 14.1. The first-order chi connectivity index (χ1) is 17.6. The van der Waals surface area contributed by atoms with E-state index in [-0.39, 0.29) is 18.3 Å². The summed E-state index contributed by atoms with van der Waals surface area (Å²) in [6.07, 6.45) is -8.54. The van der Waals surface area contributed by atoms with Crippen LogP contribution in [0.2, 0.25) is 0 Å². The number of guanidine groups is 1. The zero-order chi connectivity index (χ0) is 29.2. The molecule has 0 saturated carbocycles. The van der Waals surface area contributed by atoms with Crippen molar-refractivity contribution in [3.63, 3.8) is 0 Å². The summed E-state index contributed by atoms with van der Waals surface area (Å²) < 4.78 is 50.6. The number of aliphatic imine (C=N–C) groups is 1. The largest absolute Gasteiger partial charge is 0.490 e. The number of hydrogen-bond donors (Lipinski definition) is 8. The fourth-order valence-electron chi connectivity index (χ4n) is 3.06. The average Bonchev–Trinajstić information content (AvgIpc) is 2.81. The number of aliphatic carboxylic acids is 1. The van der Waals surface area contributed by atoms with E-state index in [9.17, 15) is 42.5 Å². The highest BCUT2D eigenvalue weighted by Gasteiger charge is 2.43. The standard InChI is InChI=1S/C19H26FN5O6.C2HF3O2/c1-9(27)24-15-12(25-19(21)22)6-14(31-17(15)16(29)13(28)8-26)18(30)23-7-10-3-2-4-11(20)5-10;3-2(4,5)1(6)7/h2-6,12-13,15-17,26,28-29H,7-8H2,1H3,(H,23,30)(H,24,27)(H4,21,22,25);(H,6,7)/t12-,13+,15+,16+,17+;/m0./s1. The molecule has 17 heteroatoms. The number of nitrogens with two attached hydrogens (primary N) is 2.